The number of hydrogen-bond acceptors (Lipinski definition) is 3. The number of likely N-dealkylation sites (tertiary alicyclic amines) is 1. The van der Waals surface area contributed by atoms with Gasteiger partial charge in [0.05, 0.1) is 11.4 Å². The number of carbonyl (C=O) groups is 2. The van der Waals surface area contributed by atoms with E-state index >= 15 is 0 Å². The highest BCUT2D eigenvalue weighted by Gasteiger charge is 2.30. The van der Waals surface area contributed by atoms with Crippen molar-refractivity contribution in [3.05, 3.63) is 24.0 Å². The Morgan fingerprint density at radius 1 is 1.17 bits per heavy atom. The lowest BCUT2D eigenvalue weighted by atomic mass is 10.1. The van der Waals surface area contributed by atoms with E-state index in [0.717, 1.165) is 31.6 Å². The number of rotatable bonds is 4. The van der Waals surface area contributed by atoms with E-state index in [2.05, 4.69) is 11.8 Å². The van der Waals surface area contributed by atoms with E-state index in [0.29, 0.717) is 25.2 Å². The third kappa shape index (κ3) is 3.16. The van der Waals surface area contributed by atoms with E-state index in [-0.39, 0.29) is 24.2 Å². The summed E-state index contributed by atoms with van der Waals surface area (Å²) >= 11 is 0. The van der Waals surface area contributed by atoms with Gasteiger partial charge in [0.1, 0.15) is 12.4 Å². The van der Waals surface area contributed by atoms with Crippen molar-refractivity contribution in [3.8, 4) is 0 Å². The fourth-order valence-corrected chi connectivity index (χ4v) is 3.32. The van der Waals surface area contributed by atoms with Gasteiger partial charge in [-0.25, -0.2) is 4.39 Å². The summed E-state index contributed by atoms with van der Waals surface area (Å²) in [5.41, 5.74) is 1.50. The maximum absolute atomic E-state index is 13.7. The third-order valence-electron chi connectivity index (χ3n) is 4.45. The molecule has 2 aliphatic rings. The first-order chi connectivity index (χ1) is 11.1. The molecular formula is C17H22FN3O2. The summed E-state index contributed by atoms with van der Waals surface area (Å²) in [4.78, 5) is 29.7. The number of fused-ring (bicyclic) bond motifs is 1. The van der Waals surface area contributed by atoms with Crippen molar-refractivity contribution < 1.29 is 14.0 Å². The Labute approximate surface area is 135 Å². The van der Waals surface area contributed by atoms with E-state index < -0.39 is 0 Å². The first-order valence-electron chi connectivity index (χ1n) is 8.23. The Morgan fingerprint density at radius 3 is 2.70 bits per heavy atom. The molecule has 1 aromatic rings. The number of hydrogen-bond donors (Lipinski definition) is 0. The lowest BCUT2D eigenvalue weighted by Crippen LogP contribution is -2.48. The summed E-state index contributed by atoms with van der Waals surface area (Å²) in [6.07, 6.45) is 2.32. The van der Waals surface area contributed by atoms with Crippen LogP contribution in [-0.2, 0) is 9.59 Å². The van der Waals surface area contributed by atoms with Crippen molar-refractivity contribution in [3.63, 3.8) is 0 Å². The molecule has 1 aromatic carbocycles. The predicted octanol–water partition coefficient (Wildman–Crippen LogP) is 2.01. The molecule has 3 rings (SSSR count). The lowest BCUT2D eigenvalue weighted by molar-refractivity contribution is -0.132. The molecule has 0 atom stereocenters. The SMILES string of the molecule is CCCN1CCN(C(=O)CN2CCCC2=O)c2cc(F)ccc21. The minimum Gasteiger partial charge on any atom is -0.368 e. The number of nitrogens with zero attached hydrogens (tertiary/aromatic N) is 3. The smallest absolute Gasteiger partial charge is 0.246 e. The molecule has 2 amide bonds. The number of carbonyl (C=O) groups excluding carboxylic acids is 2. The van der Waals surface area contributed by atoms with Crippen LogP contribution in [0.25, 0.3) is 0 Å². The zero-order chi connectivity index (χ0) is 16.4. The number of amides is 2. The summed E-state index contributed by atoms with van der Waals surface area (Å²) in [7, 11) is 0. The third-order valence-corrected chi connectivity index (χ3v) is 4.45. The summed E-state index contributed by atoms with van der Waals surface area (Å²) in [5.74, 6) is -0.456. The summed E-state index contributed by atoms with van der Waals surface area (Å²) in [6.45, 7) is 4.95. The van der Waals surface area contributed by atoms with Crippen LogP contribution in [0.15, 0.2) is 18.2 Å². The van der Waals surface area contributed by atoms with Gasteiger partial charge in [-0.05, 0) is 31.0 Å². The molecule has 0 bridgehead atoms. The van der Waals surface area contributed by atoms with E-state index in [1.165, 1.54) is 12.1 Å². The Morgan fingerprint density at radius 2 is 2.00 bits per heavy atom. The Balaban J connectivity index is 1.82. The molecule has 1 saturated heterocycles. The van der Waals surface area contributed by atoms with Crippen LogP contribution in [0.2, 0.25) is 0 Å². The molecule has 0 aromatic heterocycles. The fraction of sp³-hybridized carbons (Fsp3) is 0.529. The maximum atomic E-state index is 13.7. The van der Waals surface area contributed by atoms with Gasteiger partial charge < -0.3 is 14.7 Å². The number of anilines is 2. The number of halogens is 1. The van der Waals surface area contributed by atoms with Gasteiger partial charge in [-0.2, -0.15) is 0 Å². The molecule has 6 heteroatoms. The van der Waals surface area contributed by atoms with Crippen LogP contribution in [0, 0.1) is 5.82 Å². The summed E-state index contributed by atoms with van der Waals surface area (Å²) in [6, 6.07) is 4.58. The van der Waals surface area contributed by atoms with Crippen LogP contribution in [0.5, 0.6) is 0 Å². The van der Waals surface area contributed by atoms with E-state index in [1.54, 1.807) is 15.9 Å². The van der Waals surface area contributed by atoms with Gasteiger partial charge in [0.15, 0.2) is 0 Å². The van der Waals surface area contributed by atoms with Gasteiger partial charge in [-0.3, -0.25) is 9.59 Å². The molecule has 2 aliphatic heterocycles. The molecule has 0 spiro atoms. The molecule has 0 radical (unpaired) electrons. The van der Waals surface area contributed by atoms with Crippen molar-refractivity contribution in [2.75, 3.05) is 42.5 Å². The van der Waals surface area contributed by atoms with Crippen molar-refractivity contribution in [2.24, 2.45) is 0 Å². The van der Waals surface area contributed by atoms with Crippen molar-refractivity contribution in [1.29, 1.82) is 0 Å². The van der Waals surface area contributed by atoms with E-state index in [9.17, 15) is 14.0 Å². The first-order valence-corrected chi connectivity index (χ1v) is 8.23. The van der Waals surface area contributed by atoms with Crippen LogP contribution in [0.3, 0.4) is 0 Å². The summed E-state index contributed by atoms with van der Waals surface area (Å²) in [5, 5.41) is 0. The second-order valence-electron chi connectivity index (χ2n) is 6.08. The highest BCUT2D eigenvalue weighted by molar-refractivity contribution is 6.00. The normalized spacial score (nSPS) is 17.7. The van der Waals surface area contributed by atoms with E-state index in [1.807, 2.05) is 0 Å². The average Bonchev–Trinajstić information content (AvgIpc) is 2.92. The molecule has 2 heterocycles. The second kappa shape index (κ2) is 6.56. The van der Waals surface area contributed by atoms with Gasteiger partial charge in [-0.1, -0.05) is 6.92 Å². The first kappa shape index (κ1) is 15.8. The minimum absolute atomic E-state index is 0.0300. The number of benzene rings is 1. The average molecular weight is 319 g/mol. The summed E-state index contributed by atoms with van der Waals surface area (Å²) < 4.78 is 13.7. The lowest BCUT2D eigenvalue weighted by Gasteiger charge is -2.38. The topological polar surface area (TPSA) is 43.9 Å². The van der Waals surface area contributed by atoms with Crippen molar-refractivity contribution in [1.82, 2.24) is 4.90 Å². The zero-order valence-electron chi connectivity index (χ0n) is 13.4. The molecule has 124 valence electrons. The van der Waals surface area contributed by atoms with Gasteiger partial charge >= 0.3 is 0 Å². The molecule has 0 aliphatic carbocycles. The Bertz CT molecular complexity index is 620. The van der Waals surface area contributed by atoms with Crippen LogP contribution in [0.4, 0.5) is 15.8 Å². The van der Waals surface area contributed by atoms with Crippen LogP contribution < -0.4 is 9.80 Å². The second-order valence-corrected chi connectivity index (χ2v) is 6.08. The molecule has 23 heavy (non-hydrogen) atoms. The predicted molar refractivity (Wildman–Crippen MR) is 87.1 cm³/mol. The molecule has 5 nitrogen and oxygen atoms in total. The van der Waals surface area contributed by atoms with E-state index in [4.69, 9.17) is 0 Å². The fourth-order valence-electron chi connectivity index (χ4n) is 3.32. The van der Waals surface area contributed by atoms with Gasteiger partial charge in [0.2, 0.25) is 11.8 Å². The minimum atomic E-state index is -0.350. The molecule has 0 saturated carbocycles. The van der Waals surface area contributed by atoms with Gasteiger partial charge in [0.25, 0.3) is 0 Å². The largest absolute Gasteiger partial charge is 0.368 e. The van der Waals surface area contributed by atoms with Gasteiger partial charge in [-0.15, -0.1) is 0 Å². The molecule has 0 N–H and O–H groups in total. The highest BCUT2D eigenvalue weighted by atomic mass is 19.1. The molecule has 0 unspecified atom stereocenters. The maximum Gasteiger partial charge on any atom is 0.246 e. The zero-order valence-corrected chi connectivity index (χ0v) is 13.4. The van der Waals surface area contributed by atoms with Crippen LogP contribution >= 0.6 is 0 Å². The van der Waals surface area contributed by atoms with Gasteiger partial charge in [0, 0.05) is 32.6 Å². The Hall–Kier alpha value is -2.11. The Kier molecular flexibility index (Phi) is 4.50. The molecular weight excluding hydrogens is 297 g/mol. The molecule has 1 fully saturated rings. The highest BCUT2D eigenvalue weighted by Crippen LogP contribution is 2.34. The van der Waals surface area contributed by atoms with Crippen LogP contribution in [0.1, 0.15) is 26.2 Å². The van der Waals surface area contributed by atoms with Crippen molar-refractivity contribution in [2.45, 2.75) is 26.2 Å². The van der Waals surface area contributed by atoms with Crippen molar-refractivity contribution >= 4 is 23.2 Å². The standard InChI is InChI=1S/C17H22FN3O2/c1-2-7-19-9-10-21(15-11-13(18)5-6-14(15)19)17(23)12-20-8-3-4-16(20)22/h5-6,11H,2-4,7-10,12H2,1H3. The van der Waals surface area contributed by atoms with Crippen LogP contribution in [-0.4, -0.2) is 49.4 Å². The quantitative estimate of drug-likeness (QED) is 0.853. The monoisotopic (exact) mass is 319 g/mol.